The Morgan fingerprint density at radius 2 is 2.24 bits per heavy atom. The summed E-state index contributed by atoms with van der Waals surface area (Å²) >= 11 is 0. The molecule has 1 N–H and O–H groups in total. The van der Waals surface area contributed by atoms with Gasteiger partial charge in [-0.1, -0.05) is 35.5 Å². The molecule has 0 spiro atoms. The average molecular weight is 344 g/mol. The summed E-state index contributed by atoms with van der Waals surface area (Å²) in [5.41, 5.74) is 1.72. The fourth-order valence-electron chi connectivity index (χ4n) is 2.71. The van der Waals surface area contributed by atoms with Crippen molar-refractivity contribution in [3.8, 4) is 0 Å². The van der Waals surface area contributed by atoms with Crippen molar-refractivity contribution in [3.63, 3.8) is 0 Å². The lowest BCUT2D eigenvalue weighted by Crippen LogP contribution is -2.30. The van der Waals surface area contributed by atoms with E-state index < -0.39 is 0 Å². The van der Waals surface area contributed by atoms with Crippen LogP contribution >= 0.6 is 0 Å². The van der Waals surface area contributed by atoms with Crippen LogP contribution in [0.5, 0.6) is 0 Å². The Morgan fingerprint density at radius 3 is 3.00 bits per heavy atom. The van der Waals surface area contributed by atoms with Gasteiger partial charge in [0, 0.05) is 25.1 Å². The highest BCUT2D eigenvalue weighted by Crippen LogP contribution is 2.19. The van der Waals surface area contributed by atoms with Crippen LogP contribution in [0.2, 0.25) is 0 Å². The molecule has 1 fully saturated rings. The second-order valence-electron chi connectivity index (χ2n) is 6.37. The van der Waals surface area contributed by atoms with E-state index in [2.05, 4.69) is 10.5 Å². The molecule has 1 aromatic carbocycles. The predicted molar refractivity (Wildman–Crippen MR) is 91.8 cm³/mol. The van der Waals surface area contributed by atoms with Gasteiger partial charge >= 0.3 is 0 Å². The van der Waals surface area contributed by atoms with Crippen molar-refractivity contribution in [1.82, 2.24) is 10.5 Å². The predicted octanol–water partition coefficient (Wildman–Crippen LogP) is 2.65. The Hall–Kier alpha value is -2.18. The van der Waals surface area contributed by atoms with Crippen molar-refractivity contribution in [2.45, 2.75) is 32.5 Å². The molecule has 134 valence electrons. The zero-order valence-corrected chi connectivity index (χ0v) is 14.4. The SMILES string of the molecule is CC(OCc1ccccc1)c1cc(CC(=O)NCC2CCOC2)no1. The first-order chi connectivity index (χ1) is 12.2. The summed E-state index contributed by atoms with van der Waals surface area (Å²) in [4.78, 5) is 12.0. The Balaban J connectivity index is 1.43. The molecule has 2 unspecified atom stereocenters. The van der Waals surface area contributed by atoms with E-state index >= 15 is 0 Å². The summed E-state index contributed by atoms with van der Waals surface area (Å²) < 4.78 is 16.4. The summed E-state index contributed by atoms with van der Waals surface area (Å²) in [6.45, 7) is 4.58. The third kappa shape index (κ3) is 5.41. The molecule has 0 aliphatic carbocycles. The van der Waals surface area contributed by atoms with E-state index in [1.807, 2.05) is 37.3 Å². The minimum absolute atomic E-state index is 0.0513. The molecule has 6 nitrogen and oxygen atoms in total. The van der Waals surface area contributed by atoms with E-state index in [0.717, 1.165) is 25.2 Å². The number of rotatable bonds is 8. The number of nitrogens with one attached hydrogen (secondary N) is 1. The van der Waals surface area contributed by atoms with Gasteiger partial charge in [-0.25, -0.2) is 0 Å². The van der Waals surface area contributed by atoms with E-state index in [1.165, 1.54) is 0 Å². The maximum absolute atomic E-state index is 12.0. The van der Waals surface area contributed by atoms with Gasteiger partial charge in [-0.2, -0.15) is 0 Å². The molecular weight excluding hydrogens is 320 g/mol. The Morgan fingerprint density at radius 1 is 1.40 bits per heavy atom. The largest absolute Gasteiger partial charge is 0.381 e. The van der Waals surface area contributed by atoms with Crippen molar-refractivity contribution in [2.24, 2.45) is 5.92 Å². The molecule has 0 saturated carbocycles. The molecule has 3 rings (SSSR count). The molecule has 0 radical (unpaired) electrons. The van der Waals surface area contributed by atoms with Gasteiger partial charge in [0.15, 0.2) is 5.76 Å². The zero-order valence-electron chi connectivity index (χ0n) is 14.4. The Bertz CT molecular complexity index is 665. The molecule has 1 saturated heterocycles. The maximum atomic E-state index is 12.0. The smallest absolute Gasteiger partial charge is 0.226 e. The van der Waals surface area contributed by atoms with Gasteiger partial charge in [-0.3, -0.25) is 4.79 Å². The molecule has 25 heavy (non-hydrogen) atoms. The highest BCUT2D eigenvalue weighted by Gasteiger charge is 2.18. The summed E-state index contributed by atoms with van der Waals surface area (Å²) in [5.74, 6) is 0.996. The van der Waals surface area contributed by atoms with Crippen LogP contribution in [0.15, 0.2) is 40.9 Å². The Labute approximate surface area is 147 Å². The van der Waals surface area contributed by atoms with E-state index in [4.69, 9.17) is 14.0 Å². The molecule has 1 aliphatic rings. The number of hydrogen-bond acceptors (Lipinski definition) is 5. The van der Waals surface area contributed by atoms with E-state index in [1.54, 1.807) is 6.07 Å². The second kappa shape index (κ2) is 8.78. The van der Waals surface area contributed by atoms with Gasteiger partial charge in [0.1, 0.15) is 6.10 Å². The first-order valence-electron chi connectivity index (χ1n) is 8.66. The zero-order chi connectivity index (χ0) is 17.5. The molecule has 1 aliphatic heterocycles. The van der Waals surface area contributed by atoms with Crippen LogP contribution < -0.4 is 5.32 Å². The molecule has 2 atom stereocenters. The average Bonchev–Trinajstić information content (AvgIpc) is 3.31. The van der Waals surface area contributed by atoms with Crippen LogP contribution in [0.3, 0.4) is 0 Å². The molecule has 2 aromatic rings. The minimum atomic E-state index is -0.222. The lowest BCUT2D eigenvalue weighted by molar-refractivity contribution is -0.120. The molecule has 2 heterocycles. The number of aromatic nitrogens is 1. The van der Waals surface area contributed by atoms with Crippen molar-refractivity contribution in [2.75, 3.05) is 19.8 Å². The van der Waals surface area contributed by atoms with Crippen LogP contribution in [0.4, 0.5) is 0 Å². The third-order valence-corrected chi connectivity index (χ3v) is 4.27. The van der Waals surface area contributed by atoms with Gasteiger partial charge in [-0.15, -0.1) is 0 Å². The van der Waals surface area contributed by atoms with Crippen molar-refractivity contribution < 1.29 is 18.8 Å². The van der Waals surface area contributed by atoms with Crippen LogP contribution in [0.1, 0.15) is 36.5 Å². The van der Waals surface area contributed by atoms with Gasteiger partial charge in [0.25, 0.3) is 0 Å². The monoisotopic (exact) mass is 344 g/mol. The number of benzene rings is 1. The Kier molecular flexibility index (Phi) is 6.19. The standard InChI is InChI=1S/C19H24N2O4/c1-14(24-13-15-5-3-2-4-6-15)18-9-17(21-25-18)10-19(22)20-11-16-7-8-23-12-16/h2-6,9,14,16H,7-8,10-13H2,1H3,(H,20,22). The van der Waals surface area contributed by atoms with Crippen LogP contribution in [-0.4, -0.2) is 30.8 Å². The number of hydrogen-bond donors (Lipinski definition) is 1. The van der Waals surface area contributed by atoms with Gasteiger partial charge < -0.3 is 19.3 Å². The van der Waals surface area contributed by atoms with E-state index in [0.29, 0.717) is 30.5 Å². The van der Waals surface area contributed by atoms with Gasteiger partial charge in [0.2, 0.25) is 5.91 Å². The molecule has 0 bridgehead atoms. The highest BCUT2D eigenvalue weighted by atomic mass is 16.5. The number of carbonyl (C=O) groups excluding carboxylic acids is 1. The summed E-state index contributed by atoms with van der Waals surface area (Å²) in [6, 6.07) is 11.7. The number of carbonyl (C=O) groups is 1. The highest BCUT2D eigenvalue weighted by molar-refractivity contribution is 5.78. The van der Waals surface area contributed by atoms with Gasteiger partial charge in [-0.05, 0) is 18.9 Å². The normalized spacial score (nSPS) is 18.2. The van der Waals surface area contributed by atoms with Crippen molar-refractivity contribution in [3.05, 3.63) is 53.4 Å². The fourth-order valence-corrected chi connectivity index (χ4v) is 2.71. The number of ether oxygens (including phenoxy) is 2. The molecule has 6 heteroatoms. The van der Waals surface area contributed by atoms with Crippen LogP contribution in [0.25, 0.3) is 0 Å². The lowest BCUT2D eigenvalue weighted by atomic mass is 10.1. The van der Waals surface area contributed by atoms with Crippen LogP contribution in [0, 0.1) is 5.92 Å². The quantitative estimate of drug-likeness (QED) is 0.797. The maximum Gasteiger partial charge on any atom is 0.226 e. The molecular formula is C19H24N2O4. The number of nitrogens with zero attached hydrogens (tertiary/aromatic N) is 1. The lowest BCUT2D eigenvalue weighted by Gasteiger charge is -2.09. The second-order valence-corrected chi connectivity index (χ2v) is 6.37. The fraction of sp³-hybridized carbons (Fsp3) is 0.474. The first kappa shape index (κ1) is 17.6. The van der Waals surface area contributed by atoms with Crippen molar-refractivity contribution in [1.29, 1.82) is 0 Å². The summed E-state index contributed by atoms with van der Waals surface area (Å²) in [7, 11) is 0. The van der Waals surface area contributed by atoms with E-state index in [9.17, 15) is 4.79 Å². The first-order valence-corrected chi connectivity index (χ1v) is 8.66. The topological polar surface area (TPSA) is 73.6 Å². The number of amides is 1. The van der Waals surface area contributed by atoms with Crippen molar-refractivity contribution >= 4 is 5.91 Å². The van der Waals surface area contributed by atoms with Gasteiger partial charge in [0.05, 0.1) is 25.3 Å². The summed E-state index contributed by atoms with van der Waals surface area (Å²) in [6.07, 6.45) is 0.993. The minimum Gasteiger partial charge on any atom is -0.381 e. The molecule has 1 aromatic heterocycles. The third-order valence-electron chi connectivity index (χ3n) is 4.27. The summed E-state index contributed by atoms with van der Waals surface area (Å²) in [5, 5.41) is 6.90. The van der Waals surface area contributed by atoms with E-state index in [-0.39, 0.29) is 18.4 Å². The molecule has 1 amide bonds. The van der Waals surface area contributed by atoms with Crippen LogP contribution in [-0.2, 0) is 27.3 Å².